The molecule has 1 atom stereocenters. The lowest BCUT2D eigenvalue weighted by atomic mass is 10.3. The highest BCUT2D eigenvalue weighted by atomic mass is 32.1. The van der Waals surface area contributed by atoms with Gasteiger partial charge >= 0.3 is 0 Å². The Kier molecular flexibility index (Phi) is 4.42. The molecule has 1 heterocycles. The number of nitrogens with one attached hydrogen (secondary N) is 1. The molecular weight excluding hydrogens is 180 g/mol. The summed E-state index contributed by atoms with van der Waals surface area (Å²) in [6.07, 6.45) is 1.14. The molecule has 0 unspecified atom stereocenters. The minimum Gasteiger partial charge on any atom is -0.329 e. The number of hydrogen-bond acceptors (Lipinski definition) is 3. The molecule has 0 saturated heterocycles. The second kappa shape index (κ2) is 5.37. The smallest absolute Gasteiger partial charge is 0.0302 e. The molecule has 13 heavy (non-hydrogen) atoms. The molecule has 1 aromatic heterocycles. The Hall–Kier alpha value is -0.380. The monoisotopic (exact) mass is 198 g/mol. The first-order valence-corrected chi connectivity index (χ1v) is 5.59. The van der Waals surface area contributed by atoms with E-state index in [1.54, 1.807) is 0 Å². The summed E-state index contributed by atoms with van der Waals surface area (Å²) in [5, 5.41) is 3.37. The molecule has 1 aromatic rings. The van der Waals surface area contributed by atoms with Gasteiger partial charge in [0, 0.05) is 28.9 Å². The summed E-state index contributed by atoms with van der Waals surface area (Å²) in [6.45, 7) is 5.94. The van der Waals surface area contributed by atoms with E-state index in [2.05, 4.69) is 31.3 Å². The first-order chi connectivity index (χ1) is 6.26. The third-order valence-corrected chi connectivity index (χ3v) is 3.27. The summed E-state index contributed by atoms with van der Waals surface area (Å²) in [7, 11) is 0. The maximum Gasteiger partial charge on any atom is 0.0302 e. The zero-order chi connectivity index (χ0) is 9.68. The number of hydrogen-bond donors (Lipinski definition) is 2. The second-order valence-electron chi connectivity index (χ2n) is 3.24. The molecule has 0 aliphatic rings. The topological polar surface area (TPSA) is 38.0 Å². The van der Waals surface area contributed by atoms with Gasteiger partial charge < -0.3 is 11.1 Å². The SMILES string of the molecule is CCc1ccc(CN[C@@H](C)CN)s1. The lowest BCUT2D eigenvalue weighted by Crippen LogP contribution is -2.32. The van der Waals surface area contributed by atoms with Gasteiger partial charge in [0.2, 0.25) is 0 Å². The van der Waals surface area contributed by atoms with Crippen molar-refractivity contribution in [3.8, 4) is 0 Å². The van der Waals surface area contributed by atoms with Gasteiger partial charge in [-0.15, -0.1) is 11.3 Å². The summed E-state index contributed by atoms with van der Waals surface area (Å²) in [6, 6.07) is 4.81. The number of aryl methyl sites for hydroxylation is 1. The number of nitrogens with two attached hydrogens (primary N) is 1. The summed E-state index contributed by atoms with van der Waals surface area (Å²) in [4.78, 5) is 2.86. The quantitative estimate of drug-likeness (QED) is 0.756. The maximum absolute atomic E-state index is 5.51. The minimum absolute atomic E-state index is 0.409. The van der Waals surface area contributed by atoms with Crippen molar-refractivity contribution in [2.75, 3.05) is 6.54 Å². The van der Waals surface area contributed by atoms with Gasteiger partial charge in [0.1, 0.15) is 0 Å². The van der Waals surface area contributed by atoms with Gasteiger partial charge in [-0.1, -0.05) is 6.92 Å². The van der Waals surface area contributed by atoms with Gasteiger partial charge in [0.25, 0.3) is 0 Å². The van der Waals surface area contributed by atoms with Gasteiger partial charge in [0.05, 0.1) is 0 Å². The third kappa shape index (κ3) is 3.46. The van der Waals surface area contributed by atoms with E-state index < -0.39 is 0 Å². The summed E-state index contributed by atoms with van der Waals surface area (Å²) in [5.74, 6) is 0. The van der Waals surface area contributed by atoms with E-state index in [-0.39, 0.29) is 0 Å². The molecule has 0 aliphatic heterocycles. The van der Waals surface area contributed by atoms with Gasteiger partial charge in [-0.25, -0.2) is 0 Å². The summed E-state index contributed by atoms with van der Waals surface area (Å²) < 4.78 is 0. The third-order valence-electron chi connectivity index (χ3n) is 2.04. The molecule has 0 radical (unpaired) electrons. The molecule has 3 N–H and O–H groups in total. The summed E-state index contributed by atoms with van der Waals surface area (Å²) in [5.41, 5.74) is 5.51. The molecule has 0 saturated carbocycles. The van der Waals surface area contributed by atoms with Crippen molar-refractivity contribution >= 4 is 11.3 Å². The van der Waals surface area contributed by atoms with E-state index in [0.717, 1.165) is 13.0 Å². The Labute approximate surface area is 84.2 Å². The average molecular weight is 198 g/mol. The molecule has 0 aromatic carbocycles. The van der Waals surface area contributed by atoms with Gasteiger partial charge in [-0.05, 0) is 25.5 Å². The first-order valence-electron chi connectivity index (χ1n) is 4.77. The molecular formula is C10H18N2S. The van der Waals surface area contributed by atoms with E-state index in [1.165, 1.54) is 9.75 Å². The molecule has 0 amide bonds. The van der Waals surface area contributed by atoms with Crippen molar-refractivity contribution in [1.82, 2.24) is 5.32 Å². The van der Waals surface area contributed by atoms with Crippen molar-refractivity contribution in [2.24, 2.45) is 5.73 Å². The molecule has 0 aliphatic carbocycles. The zero-order valence-corrected chi connectivity index (χ0v) is 9.16. The van der Waals surface area contributed by atoms with E-state index >= 15 is 0 Å². The van der Waals surface area contributed by atoms with Crippen LogP contribution in [0, 0.1) is 0 Å². The van der Waals surface area contributed by atoms with Crippen LogP contribution in [-0.4, -0.2) is 12.6 Å². The van der Waals surface area contributed by atoms with Crippen LogP contribution >= 0.6 is 11.3 Å². The molecule has 0 bridgehead atoms. The maximum atomic E-state index is 5.51. The average Bonchev–Trinajstić information content (AvgIpc) is 2.61. The Morgan fingerprint density at radius 3 is 2.69 bits per heavy atom. The molecule has 1 rings (SSSR count). The number of thiophene rings is 1. The van der Waals surface area contributed by atoms with Crippen LogP contribution in [0.3, 0.4) is 0 Å². The van der Waals surface area contributed by atoms with Crippen LogP contribution in [0.1, 0.15) is 23.6 Å². The van der Waals surface area contributed by atoms with Crippen LogP contribution in [0.25, 0.3) is 0 Å². The minimum atomic E-state index is 0.409. The van der Waals surface area contributed by atoms with E-state index in [4.69, 9.17) is 5.73 Å². The van der Waals surface area contributed by atoms with Crippen molar-refractivity contribution < 1.29 is 0 Å². The Bertz CT molecular complexity index is 245. The van der Waals surface area contributed by atoms with Gasteiger partial charge in [0.15, 0.2) is 0 Å². The lowest BCUT2D eigenvalue weighted by Gasteiger charge is -2.09. The predicted octanol–water partition coefficient (Wildman–Crippen LogP) is 1.75. The Morgan fingerprint density at radius 2 is 2.15 bits per heavy atom. The molecule has 0 spiro atoms. The van der Waals surface area contributed by atoms with Crippen LogP contribution in [0.5, 0.6) is 0 Å². The second-order valence-corrected chi connectivity index (χ2v) is 4.49. The molecule has 3 heteroatoms. The normalized spacial score (nSPS) is 13.2. The molecule has 0 fully saturated rings. The van der Waals surface area contributed by atoms with Crippen LogP contribution in [-0.2, 0) is 13.0 Å². The van der Waals surface area contributed by atoms with E-state index in [0.29, 0.717) is 12.6 Å². The number of rotatable bonds is 5. The van der Waals surface area contributed by atoms with Crippen LogP contribution in [0.4, 0.5) is 0 Å². The highest BCUT2D eigenvalue weighted by Crippen LogP contribution is 2.16. The van der Waals surface area contributed by atoms with Gasteiger partial charge in [-0.3, -0.25) is 0 Å². The lowest BCUT2D eigenvalue weighted by molar-refractivity contribution is 0.560. The van der Waals surface area contributed by atoms with Crippen molar-refractivity contribution in [1.29, 1.82) is 0 Å². The fourth-order valence-corrected chi connectivity index (χ4v) is 1.97. The van der Waals surface area contributed by atoms with Crippen molar-refractivity contribution in [2.45, 2.75) is 32.9 Å². The summed E-state index contributed by atoms with van der Waals surface area (Å²) >= 11 is 1.88. The molecule has 74 valence electrons. The fraction of sp³-hybridized carbons (Fsp3) is 0.600. The highest BCUT2D eigenvalue weighted by Gasteiger charge is 2.00. The van der Waals surface area contributed by atoms with Crippen LogP contribution < -0.4 is 11.1 Å². The fourth-order valence-electron chi connectivity index (χ4n) is 1.07. The Balaban J connectivity index is 2.36. The standard InChI is InChI=1S/C10H18N2S/c1-3-9-4-5-10(13-9)7-12-8(2)6-11/h4-5,8,12H,3,6-7,11H2,1-2H3/t8-/m0/s1. The predicted molar refractivity (Wildman–Crippen MR) is 59.1 cm³/mol. The van der Waals surface area contributed by atoms with E-state index in [9.17, 15) is 0 Å². The van der Waals surface area contributed by atoms with Crippen LogP contribution in [0.2, 0.25) is 0 Å². The molecule has 2 nitrogen and oxygen atoms in total. The highest BCUT2D eigenvalue weighted by molar-refractivity contribution is 7.11. The largest absolute Gasteiger partial charge is 0.329 e. The first kappa shape index (κ1) is 10.7. The van der Waals surface area contributed by atoms with E-state index in [1.807, 2.05) is 11.3 Å². The zero-order valence-electron chi connectivity index (χ0n) is 8.34. The van der Waals surface area contributed by atoms with Crippen molar-refractivity contribution in [3.05, 3.63) is 21.9 Å². The Morgan fingerprint density at radius 1 is 1.46 bits per heavy atom. The van der Waals surface area contributed by atoms with Gasteiger partial charge in [-0.2, -0.15) is 0 Å². The van der Waals surface area contributed by atoms with Crippen LogP contribution in [0.15, 0.2) is 12.1 Å². The van der Waals surface area contributed by atoms with Crippen molar-refractivity contribution in [3.63, 3.8) is 0 Å².